The molecule has 15 heteroatoms. The quantitative estimate of drug-likeness (QED) is 0.282. The lowest BCUT2D eigenvalue weighted by atomic mass is 9.97. The van der Waals surface area contributed by atoms with E-state index in [1.54, 1.807) is 27.7 Å². The van der Waals surface area contributed by atoms with Gasteiger partial charge >= 0.3 is 23.9 Å². The van der Waals surface area contributed by atoms with Crippen LogP contribution < -0.4 is 0 Å². The first kappa shape index (κ1) is 31.5. The summed E-state index contributed by atoms with van der Waals surface area (Å²) in [5.41, 5.74) is 0. The number of fused-ring (bicyclic) bond motifs is 3. The topological polar surface area (TPSA) is 170 Å². The molecule has 0 spiro atoms. The summed E-state index contributed by atoms with van der Waals surface area (Å²) in [6.45, 7) is 11.1. The van der Waals surface area contributed by atoms with Crippen LogP contribution in [-0.2, 0) is 71.3 Å². The van der Waals surface area contributed by atoms with Crippen LogP contribution in [0.15, 0.2) is 0 Å². The minimum atomic E-state index is -1.37. The van der Waals surface area contributed by atoms with E-state index in [9.17, 15) is 19.2 Å². The molecule has 0 aromatic heterocycles. The number of hydrogen-bond acceptors (Lipinski definition) is 15. The van der Waals surface area contributed by atoms with Crippen molar-refractivity contribution in [2.75, 3.05) is 13.2 Å². The van der Waals surface area contributed by atoms with Crippen LogP contribution in [0, 0.1) is 0 Å². The Morgan fingerprint density at radius 2 is 1.12 bits per heavy atom. The van der Waals surface area contributed by atoms with Gasteiger partial charge in [-0.3, -0.25) is 19.2 Å². The second-order valence-electron chi connectivity index (χ2n) is 11.1. The van der Waals surface area contributed by atoms with Gasteiger partial charge in [0.05, 0.1) is 6.61 Å². The predicted octanol–water partition coefficient (Wildman–Crippen LogP) is 0.483. The van der Waals surface area contributed by atoms with Gasteiger partial charge in [-0.05, 0) is 27.7 Å². The van der Waals surface area contributed by atoms with Gasteiger partial charge in [0.1, 0.15) is 37.1 Å². The van der Waals surface area contributed by atoms with Gasteiger partial charge in [0, 0.05) is 27.7 Å². The van der Waals surface area contributed by atoms with Crippen molar-refractivity contribution in [3.05, 3.63) is 0 Å². The van der Waals surface area contributed by atoms with Gasteiger partial charge in [-0.15, -0.1) is 0 Å². The third kappa shape index (κ3) is 7.52. The fraction of sp³-hybridized carbons (Fsp3) is 0.846. The van der Waals surface area contributed by atoms with Gasteiger partial charge in [-0.2, -0.15) is 0 Å². The summed E-state index contributed by atoms with van der Waals surface area (Å²) in [6, 6.07) is 0. The Morgan fingerprint density at radius 1 is 0.585 bits per heavy atom. The SMILES string of the molecule is CC(=O)OCC1O[C@H](OCC2O[C@@H]3OC(C)(C)OC3C3OC(C)(C)O[C@@H]23)C(OC(C)=O)C(OC(C)=O)[C@@H]1OC(C)=O. The lowest BCUT2D eigenvalue weighted by Crippen LogP contribution is -2.63. The van der Waals surface area contributed by atoms with Crippen LogP contribution >= 0.6 is 0 Å². The highest BCUT2D eigenvalue weighted by Gasteiger charge is 2.61. The first-order chi connectivity index (χ1) is 19.0. The van der Waals surface area contributed by atoms with E-state index >= 15 is 0 Å². The fourth-order valence-corrected chi connectivity index (χ4v) is 5.34. The molecule has 0 bridgehead atoms. The Labute approximate surface area is 237 Å². The normalized spacial score (nSPS) is 38.7. The van der Waals surface area contributed by atoms with Crippen molar-refractivity contribution < 1.29 is 71.3 Å². The highest BCUT2D eigenvalue weighted by atomic mass is 16.9. The van der Waals surface area contributed by atoms with Crippen molar-refractivity contribution in [3.63, 3.8) is 0 Å². The number of hydrogen-bond donors (Lipinski definition) is 0. The summed E-state index contributed by atoms with van der Waals surface area (Å²) >= 11 is 0. The van der Waals surface area contributed by atoms with Crippen molar-refractivity contribution in [1.29, 1.82) is 0 Å². The summed E-state index contributed by atoms with van der Waals surface area (Å²) < 4.78 is 63.8. The summed E-state index contributed by atoms with van der Waals surface area (Å²) in [7, 11) is 0. The molecular weight excluding hydrogens is 552 g/mol. The maximum atomic E-state index is 12.1. The van der Waals surface area contributed by atoms with Gasteiger partial charge in [-0.1, -0.05) is 0 Å². The molecule has 41 heavy (non-hydrogen) atoms. The average Bonchev–Trinajstić information content (AvgIpc) is 3.32. The van der Waals surface area contributed by atoms with E-state index in [0.29, 0.717) is 0 Å². The minimum absolute atomic E-state index is 0.179. The summed E-state index contributed by atoms with van der Waals surface area (Å²) in [5.74, 6) is -4.72. The minimum Gasteiger partial charge on any atom is -0.463 e. The molecule has 0 saturated carbocycles. The van der Waals surface area contributed by atoms with Gasteiger partial charge < -0.3 is 52.1 Å². The molecule has 4 aliphatic heterocycles. The number of carbonyl (C=O) groups is 4. The molecule has 4 fully saturated rings. The number of carbonyl (C=O) groups excluding carboxylic acids is 4. The maximum Gasteiger partial charge on any atom is 0.303 e. The molecular formula is C26H38O15. The lowest BCUT2D eigenvalue weighted by Gasteiger charge is -2.44. The van der Waals surface area contributed by atoms with Crippen molar-refractivity contribution in [3.8, 4) is 0 Å². The van der Waals surface area contributed by atoms with Crippen LogP contribution in [-0.4, -0.2) is 110 Å². The molecule has 0 aliphatic carbocycles. The largest absolute Gasteiger partial charge is 0.463 e. The average molecular weight is 591 g/mol. The molecule has 4 heterocycles. The van der Waals surface area contributed by atoms with Crippen LogP contribution in [0.2, 0.25) is 0 Å². The molecule has 6 unspecified atom stereocenters. The van der Waals surface area contributed by atoms with Crippen molar-refractivity contribution in [1.82, 2.24) is 0 Å². The Balaban J connectivity index is 1.59. The molecule has 232 valence electrons. The summed E-state index contributed by atoms with van der Waals surface area (Å²) in [5, 5.41) is 0. The van der Waals surface area contributed by atoms with E-state index in [1.165, 1.54) is 6.92 Å². The standard InChI is InChI=1S/C26H38O15/c1-11(27)31-9-15-17(33-12(2)28)19(34-13(3)29)21(35-14(4)30)23(36-15)32-10-16-18-20(39-25(5,6)38-18)22-24(37-16)41-26(7,8)40-22/h15-24H,9-10H2,1-8H3/t15?,16?,17-,18+,19?,20?,21?,22?,23+,24-/m1/s1. The van der Waals surface area contributed by atoms with E-state index in [0.717, 1.165) is 20.8 Å². The monoisotopic (exact) mass is 590 g/mol. The molecule has 15 nitrogen and oxygen atoms in total. The van der Waals surface area contributed by atoms with Crippen LogP contribution in [0.3, 0.4) is 0 Å². The molecule has 0 aromatic rings. The zero-order valence-electron chi connectivity index (χ0n) is 24.3. The lowest BCUT2D eigenvalue weighted by molar-refractivity contribution is -0.320. The molecule has 0 radical (unpaired) electrons. The number of rotatable bonds is 8. The number of ether oxygens (including phenoxy) is 11. The Bertz CT molecular complexity index is 1010. The van der Waals surface area contributed by atoms with Crippen LogP contribution in [0.1, 0.15) is 55.4 Å². The van der Waals surface area contributed by atoms with Crippen molar-refractivity contribution in [2.45, 2.75) is 128 Å². The third-order valence-electron chi connectivity index (χ3n) is 6.62. The smallest absolute Gasteiger partial charge is 0.303 e. The molecule has 10 atom stereocenters. The van der Waals surface area contributed by atoms with E-state index < -0.39 is 96.9 Å². The zero-order valence-corrected chi connectivity index (χ0v) is 24.3. The fourth-order valence-electron chi connectivity index (χ4n) is 5.34. The van der Waals surface area contributed by atoms with Crippen molar-refractivity contribution >= 4 is 23.9 Å². The third-order valence-corrected chi connectivity index (χ3v) is 6.62. The van der Waals surface area contributed by atoms with E-state index in [-0.39, 0.29) is 13.2 Å². The molecule has 0 amide bonds. The second-order valence-corrected chi connectivity index (χ2v) is 11.1. The highest BCUT2D eigenvalue weighted by molar-refractivity contribution is 5.68. The zero-order chi connectivity index (χ0) is 30.3. The Hall–Kier alpha value is -2.40. The Morgan fingerprint density at radius 3 is 1.73 bits per heavy atom. The molecule has 4 rings (SSSR count). The van der Waals surface area contributed by atoms with Crippen LogP contribution in [0.25, 0.3) is 0 Å². The molecule has 4 saturated heterocycles. The van der Waals surface area contributed by atoms with Crippen molar-refractivity contribution in [2.24, 2.45) is 0 Å². The van der Waals surface area contributed by atoms with Crippen LogP contribution in [0.4, 0.5) is 0 Å². The first-order valence-electron chi connectivity index (χ1n) is 13.3. The van der Waals surface area contributed by atoms with Gasteiger partial charge in [0.2, 0.25) is 0 Å². The van der Waals surface area contributed by atoms with Gasteiger partial charge in [-0.25, -0.2) is 0 Å². The summed E-state index contributed by atoms with van der Waals surface area (Å²) in [4.78, 5) is 47.6. The van der Waals surface area contributed by atoms with Crippen LogP contribution in [0.5, 0.6) is 0 Å². The highest BCUT2D eigenvalue weighted by Crippen LogP contribution is 2.44. The predicted molar refractivity (Wildman–Crippen MR) is 130 cm³/mol. The first-order valence-corrected chi connectivity index (χ1v) is 13.3. The molecule has 4 aliphatic rings. The van der Waals surface area contributed by atoms with Gasteiger partial charge in [0.15, 0.2) is 42.5 Å². The molecule has 0 aromatic carbocycles. The Kier molecular flexibility index (Phi) is 9.28. The molecule has 0 N–H and O–H groups in total. The van der Waals surface area contributed by atoms with E-state index in [1.807, 2.05) is 0 Å². The van der Waals surface area contributed by atoms with Gasteiger partial charge in [0.25, 0.3) is 0 Å². The second kappa shape index (κ2) is 12.1. The van der Waals surface area contributed by atoms with E-state index in [2.05, 4.69) is 0 Å². The summed E-state index contributed by atoms with van der Waals surface area (Å²) in [6.07, 6.45) is -9.82. The van der Waals surface area contributed by atoms with E-state index in [4.69, 9.17) is 52.1 Å². The number of esters is 4. The maximum absolute atomic E-state index is 12.1.